The molecule has 4 aliphatic rings. The van der Waals surface area contributed by atoms with Gasteiger partial charge in [0.25, 0.3) is 0 Å². The first-order valence-corrected chi connectivity index (χ1v) is 21.6. The average molecular weight is 1020 g/mol. The number of fused-ring (bicyclic) bond motifs is 3. The zero-order valence-corrected chi connectivity index (χ0v) is 44.5. The molecule has 0 unspecified atom stereocenters. The number of methoxy groups -OCH3 is 1. The number of imidazole rings is 2. The quantitative estimate of drug-likeness (QED) is 0.133. The number of carbonyl (C=O) groups is 3. The topological polar surface area (TPSA) is 155 Å². The highest BCUT2D eigenvalue weighted by Gasteiger charge is 2.52. The molecule has 9 rings (SSSR count). The van der Waals surface area contributed by atoms with E-state index in [1.165, 1.54) is 7.11 Å². The van der Waals surface area contributed by atoms with Crippen molar-refractivity contribution in [2.24, 2.45) is 28.6 Å². The molecule has 6 heterocycles. The van der Waals surface area contributed by atoms with Gasteiger partial charge in [-0.05, 0) is 71.7 Å². The number of carbonyl (C=O) groups excluding carboxylic acids is 3. The first-order valence-electron chi connectivity index (χ1n) is 21.6. The highest BCUT2D eigenvalue weighted by atomic mass is 32.1. The standard InChI is InChI=1S/C47H57N7O6.6H2S/c1-27(2)29(5)43(55)53-23-46(15-17-59-25-46)20-37(53)41-48-22-36(50-41)31-9-7-30(8-10-31)32-11-13-34-33(19-32)12-14-35-40(34)51-42(49-35)38-21-47(16-18-60-26-47)24-54(38)44(56)39(28(3)4)52-45(57)58-6;;;;;;/h7-14,19,22,27-29,37-39H,15-18,20-21,23-26H2,1-6H3,(H,48,50)(H,49,51)(H,52,57);6*1H2/t29-,37-,38-,39-,46+,47+;;;;;;/m0....../s1. The molecule has 364 valence electrons. The maximum atomic E-state index is 14.2. The fourth-order valence-corrected chi connectivity index (χ4v) is 10.0. The molecule has 0 bridgehead atoms. The molecule has 4 saturated heterocycles. The molecule has 3 aromatic carbocycles. The molecule has 6 atom stereocenters. The van der Waals surface area contributed by atoms with Crippen LogP contribution in [0.25, 0.3) is 44.2 Å². The van der Waals surface area contributed by atoms with Gasteiger partial charge >= 0.3 is 6.09 Å². The summed E-state index contributed by atoms with van der Waals surface area (Å²) in [5.41, 5.74) is 5.73. The Balaban J connectivity index is 0.00000193. The number of aromatic amines is 2. The Bertz CT molecular complexity index is 2440. The molecule has 2 spiro atoms. The van der Waals surface area contributed by atoms with Gasteiger partial charge in [0.05, 0.1) is 55.3 Å². The number of amides is 3. The molecule has 0 saturated carbocycles. The van der Waals surface area contributed by atoms with E-state index in [-0.39, 0.29) is 133 Å². The van der Waals surface area contributed by atoms with Gasteiger partial charge in [0.1, 0.15) is 17.7 Å². The fourth-order valence-electron chi connectivity index (χ4n) is 10.0. The molecule has 3 amide bonds. The predicted octanol–water partition coefficient (Wildman–Crippen LogP) is 8.48. The van der Waals surface area contributed by atoms with Crippen LogP contribution in [0.2, 0.25) is 0 Å². The van der Waals surface area contributed by atoms with E-state index in [2.05, 4.69) is 88.6 Å². The van der Waals surface area contributed by atoms with Crippen LogP contribution in [0, 0.1) is 28.6 Å². The highest BCUT2D eigenvalue weighted by molar-refractivity contribution is 7.60. The van der Waals surface area contributed by atoms with E-state index in [9.17, 15) is 14.4 Å². The molecule has 4 aliphatic heterocycles. The summed E-state index contributed by atoms with van der Waals surface area (Å²) >= 11 is 0. The normalized spacial score (nSPS) is 22.8. The highest BCUT2D eigenvalue weighted by Crippen LogP contribution is 2.49. The summed E-state index contributed by atoms with van der Waals surface area (Å²) < 4.78 is 16.6. The number of H-pyrrole nitrogens is 2. The van der Waals surface area contributed by atoms with Gasteiger partial charge in [-0.3, -0.25) is 9.59 Å². The second-order valence-corrected chi connectivity index (χ2v) is 18.6. The number of rotatable bonds is 9. The second-order valence-electron chi connectivity index (χ2n) is 18.6. The van der Waals surface area contributed by atoms with E-state index >= 15 is 0 Å². The largest absolute Gasteiger partial charge is 0.453 e. The van der Waals surface area contributed by atoms with Crippen LogP contribution >= 0.6 is 81.0 Å². The fraction of sp³-hybridized carbons (Fsp3) is 0.511. The van der Waals surface area contributed by atoms with Gasteiger partial charge in [-0.2, -0.15) is 81.0 Å². The van der Waals surface area contributed by atoms with Crippen LogP contribution < -0.4 is 5.32 Å². The smallest absolute Gasteiger partial charge is 0.407 e. The van der Waals surface area contributed by atoms with Gasteiger partial charge < -0.3 is 39.3 Å². The second kappa shape index (κ2) is 23.0. The molecular weight excluding hydrogens is 951 g/mol. The summed E-state index contributed by atoms with van der Waals surface area (Å²) in [5, 5.41) is 4.86. The van der Waals surface area contributed by atoms with Gasteiger partial charge in [-0.1, -0.05) is 77.1 Å². The Kier molecular flexibility index (Phi) is 19.9. The maximum Gasteiger partial charge on any atom is 0.407 e. The Morgan fingerprint density at radius 1 is 0.727 bits per heavy atom. The molecule has 3 N–H and O–H groups in total. The van der Waals surface area contributed by atoms with Crippen LogP contribution in [0.5, 0.6) is 0 Å². The number of hydrogen-bond donors (Lipinski definition) is 3. The Hall–Kier alpha value is -3.17. The number of nitrogens with zero attached hydrogens (tertiary/aromatic N) is 4. The lowest BCUT2D eigenvalue weighted by Gasteiger charge is -2.30. The number of nitrogens with one attached hydrogen (secondary N) is 3. The summed E-state index contributed by atoms with van der Waals surface area (Å²) in [6.45, 7) is 14.0. The van der Waals surface area contributed by atoms with E-state index in [0.717, 1.165) is 88.1 Å². The van der Waals surface area contributed by atoms with Crippen LogP contribution in [0.3, 0.4) is 0 Å². The molecule has 13 nitrogen and oxygen atoms in total. The number of ether oxygens (including phenoxy) is 3. The van der Waals surface area contributed by atoms with Gasteiger partial charge in [0.15, 0.2) is 0 Å². The van der Waals surface area contributed by atoms with Crippen molar-refractivity contribution in [1.82, 2.24) is 35.1 Å². The molecule has 0 aliphatic carbocycles. The Morgan fingerprint density at radius 3 is 1.86 bits per heavy atom. The van der Waals surface area contributed by atoms with E-state index < -0.39 is 12.1 Å². The third kappa shape index (κ3) is 10.8. The zero-order chi connectivity index (χ0) is 41.9. The molecule has 5 aromatic rings. The predicted molar refractivity (Wildman–Crippen MR) is 291 cm³/mol. The number of hydrogen-bond acceptors (Lipinski definition) is 8. The van der Waals surface area contributed by atoms with Crippen LogP contribution in [-0.2, 0) is 23.8 Å². The zero-order valence-electron chi connectivity index (χ0n) is 38.5. The van der Waals surface area contributed by atoms with Crippen molar-refractivity contribution in [3.05, 3.63) is 72.4 Å². The first-order chi connectivity index (χ1) is 28.9. The summed E-state index contributed by atoms with van der Waals surface area (Å²) in [6, 6.07) is 18.0. The van der Waals surface area contributed by atoms with Crippen molar-refractivity contribution in [3.8, 4) is 22.4 Å². The van der Waals surface area contributed by atoms with Crippen molar-refractivity contribution in [2.45, 2.75) is 78.4 Å². The van der Waals surface area contributed by atoms with Gasteiger partial charge in [-0.25, -0.2) is 14.8 Å². The van der Waals surface area contributed by atoms with E-state index in [0.29, 0.717) is 32.9 Å². The van der Waals surface area contributed by atoms with Crippen LogP contribution in [0.1, 0.15) is 84.0 Å². The number of likely N-dealkylation sites (tertiary alicyclic amines) is 2. The van der Waals surface area contributed by atoms with Crippen LogP contribution in [0.15, 0.2) is 60.8 Å². The lowest BCUT2D eigenvalue weighted by atomic mass is 9.85. The number of benzene rings is 3. The SMILES string of the molecule is COC(=O)N[C@H](C(=O)N1C[C@@]2(CCOC2)C[C@H]1c1nc2c(ccc3cc(-c4ccc(-c5cnc([C@@H]6C[C@]7(CCOC7)CN6C(=O)[C@@H](C)C(C)C)[nH]5)cc4)ccc32)[nH]1)C(C)C.S.S.S.S.S.S. The van der Waals surface area contributed by atoms with Crippen LogP contribution in [-0.4, -0.2) is 100 Å². The van der Waals surface area contributed by atoms with Crippen molar-refractivity contribution < 1.29 is 28.6 Å². The van der Waals surface area contributed by atoms with Gasteiger partial charge in [-0.15, -0.1) is 0 Å². The van der Waals surface area contributed by atoms with Crippen LogP contribution in [0.4, 0.5) is 4.79 Å². The van der Waals surface area contributed by atoms with Crippen molar-refractivity contribution in [1.29, 1.82) is 0 Å². The third-order valence-electron chi connectivity index (χ3n) is 14.0. The molecular formula is C47H69N7O6S6. The lowest BCUT2D eigenvalue weighted by molar-refractivity contribution is -0.138. The number of alkyl carbamates (subject to hydrolysis) is 1. The first kappa shape index (κ1) is 57.1. The minimum atomic E-state index is -0.731. The molecule has 66 heavy (non-hydrogen) atoms. The van der Waals surface area contributed by atoms with E-state index in [1.54, 1.807) is 0 Å². The van der Waals surface area contributed by atoms with Gasteiger partial charge in [0, 0.05) is 48.4 Å². The van der Waals surface area contributed by atoms with E-state index in [1.807, 2.05) is 31.9 Å². The van der Waals surface area contributed by atoms with Crippen molar-refractivity contribution >= 4 is 121 Å². The van der Waals surface area contributed by atoms with E-state index in [4.69, 9.17) is 24.2 Å². The van der Waals surface area contributed by atoms with Crippen molar-refractivity contribution in [2.75, 3.05) is 46.6 Å². The van der Waals surface area contributed by atoms with Crippen molar-refractivity contribution in [3.63, 3.8) is 0 Å². The molecule has 2 aromatic heterocycles. The number of aromatic nitrogens is 4. The summed E-state index contributed by atoms with van der Waals surface area (Å²) in [4.78, 5) is 61.3. The summed E-state index contributed by atoms with van der Waals surface area (Å²) in [5.74, 6) is 1.68. The Morgan fingerprint density at radius 2 is 1.30 bits per heavy atom. The maximum absolute atomic E-state index is 14.2. The summed E-state index contributed by atoms with van der Waals surface area (Å²) in [7, 11) is 1.31. The monoisotopic (exact) mass is 1020 g/mol. The Labute approximate surface area is 430 Å². The summed E-state index contributed by atoms with van der Waals surface area (Å²) in [6.07, 6.45) is 4.68. The minimum Gasteiger partial charge on any atom is -0.453 e. The average Bonchev–Trinajstić information content (AvgIpc) is 4.12. The molecule has 19 heteroatoms. The van der Waals surface area contributed by atoms with Gasteiger partial charge in [0.2, 0.25) is 11.8 Å². The molecule has 0 radical (unpaired) electrons. The molecule has 4 fully saturated rings. The third-order valence-corrected chi connectivity index (χ3v) is 14.0. The lowest BCUT2D eigenvalue weighted by Crippen LogP contribution is -2.51. The minimum absolute atomic E-state index is 0.